The summed E-state index contributed by atoms with van der Waals surface area (Å²) < 4.78 is 0. The van der Waals surface area contributed by atoms with E-state index >= 15 is 0 Å². The number of hydrogen-bond acceptors (Lipinski definition) is 2. The van der Waals surface area contributed by atoms with Crippen molar-refractivity contribution in [3.05, 3.63) is 47.5 Å². The smallest absolute Gasteiger partial charge is 0.124 e. The average molecular weight is 187 g/mol. The third-order valence-electron chi connectivity index (χ3n) is 2.04. The standard InChI is InChI=1S/C12H13NO/c1-2-10(8-9-14)12(13)11-6-4-3-5-7-11/h2-7,9,13H,8H2,1H3. The lowest BCUT2D eigenvalue weighted by molar-refractivity contribution is -0.107. The molecule has 2 nitrogen and oxygen atoms in total. The van der Waals surface area contributed by atoms with Gasteiger partial charge in [0.05, 0.1) is 5.71 Å². The molecule has 0 amide bonds. The minimum Gasteiger partial charge on any atom is -0.303 e. The van der Waals surface area contributed by atoms with Crippen LogP contribution in [0.1, 0.15) is 18.9 Å². The van der Waals surface area contributed by atoms with Crippen LogP contribution in [0.5, 0.6) is 0 Å². The van der Waals surface area contributed by atoms with Gasteiger partial charge in [-0.25, -0.2) is 0 Å². The first-order valence-electron chi connectivity index (χ1n) is 4.52. The molecule has 0 heterocycles. The van der Waals surface area contributed by atoms with Gasteiger partial charge in [0.25, 0.3) is 0 Å². The van der Waals surface area contributed by atoms with E-state index < -0.39 is 0 Å². The predicted octanol–water partition coefficient (Wildman–Crippen LogP) is 2.59. The number of benzene rings is 1. The Morgan fingerprint density at radius 1 is 1.36 bits per heavy atom. The van der Waals surface area contributed by atoms with Gasteiger partial charge < -0.3 is 4.79 Å². The second kappa shape index (κ2) is 5.12. The molecule has 0 aromatic heterocycles. The van der Waals surface area contributed by atoms with E-state index in [4.69, 9.17) is 5.41 Å². The summed E-state index contributed by atoms with van der Waals surface area (Å²) >= 11 is 0. The third-order valence-corrected chi connectivity index (χ3v) is 2.04. The normalized spacial score (nSPS) is 11.1. The van der Waals surface area contributed by atoms with E-state index in [0.29, 0.717) is 12.1 Å². The zero-order valence-electron chi connectivity index (χ0n) is 8.16. The number of carbonyl (C=O) groups excluding carboxylic acids is 1. The van der Waals surface area contributed by atoms with E-state index in [1.54, 1.807) is 0 Å². The SMILES string of the molecule is CC=C(CC=O)C(=N)c1ccccc1. The number of nitrogens with one attached hydrogen (secondary N) is 1. The maximum absolute atomic E-state index is 10.4. The fourth-order valence-corrected chi connectivity index (χ4v) is 1.24. The molecule has 2 heteroatoms. The minimum atomic E-state index is 0.310. The van der Waals surface area contributed by atoms with Crippen LogP contribution in [0.4, 0.5) is 0 Å². The van der Waals surface area contributed by atoms with E-state index in [2.05, 4.69) is 0 Å². The number of hydrogen-bond donors (Lipinski definition) is 1. The second-order valence-corrected chi connectivity index (χ2v) is 2.93. The lowest BCUT2D eigenvalue weighted by atomic mass is 10.0. The van der Waals surface area contributed by atoms with E-state index in [9.17, 15) is 4.79 Å². The Bertz CT molecular complexity index is 352. The molecule has 0 saturated heterocycles. The number of allylic oxidation sites excluding steroid dienone is 2. The molecule has 0 aliphatic carbocycles. The Kier molecular flexibility index (Phi) is 3.80. The van der Waals surface area contributed by atoms with Crippen molar-refractivity contribution in [2.45, 2.75) is 13.3 Å². The van der Waals surface area contributed by atoms with Crippen LogP contribution < -0.4 is 0 Å². The van der Waals surface area contributed by atoms with Crippen LogP contribution in [0.15, 0.2) is 42.0 Å². The molecule has 1 aromatic rings. The Balaban J connectivity index is 2.90. The molecule has 14 heavy (non-hydrogen) atoms. The highest BCUT2D eigenvalue weighted by Gasteiger charge is 2.05. The van der Waals surface area contributed by atoms with Crippen molar-refractivity contribution in [2.24, 2.45) is 0 Å². The summed E-state index contributed by atoms with van der Waals surface area (Å²) in [4.78, 5) is 10.4. The highest BCUT2D eigenvalue weighted by Crippen LogP contribution is 2.10. The molecule has 0 aliphatic rings. The summed E-state index contributed by atoms with van der Waals surface area (Å²) in [6, 6.07) is 9.43. The first-order chi connectivity index (χ1) is 6.79. The maximum Gasteiger partial charge on any atom is 0.124 e. The lowest BCUT2D eigenvalue weighted by Crippen LogP contribution is -2.03. The Hall–Kier alpha value is -1.70. The van der Waals surface area contributed by atoms with Gasteiger partial charge in [-0.2, -0.15) is 0 Å². The van der Waals surface area contributed by atoms with Crippen LogP contribution in [-0.2, 0) is 4.79 Å². The van der Waals surface area contributed by atoms with Crippen LogP contribution in [-0.4, -0.2) is 12.0 Å². The third kappa shape index (κ3) is 2.39. The van der Waals surface area contributed by atoms with Crippen molar-refractivity contribution in [1.29, 1.82) is 5.41 Å². The van der Waals surface area contributed by atoms with Gasteiger partial charge in [0.2, 0.25) is 0 Å². The van der Waals surface area contributed by atoms with E-state index in [-0.39, 0.29) is 0 Å². The maximum atomic E-state index is 10.4. The molecule has 0 unspecified atom stereocenters. The van der Waals surface area contributed by atoms with Crippen molar-refractivity contribution in [1.82, 2.24) is 0 Å². The van der Waals surface area contributed by atoms with E-state index in [0.717, 1.165) is 17.4 Å². The molecular formula is C12H13NO. The van der Waals surface area contributed by atoms with Crippen LogP contribution in [0.3, 0.4) is 0 Å². The molecule has 1 aromatic carbocycles. The highest BCUT2D eigenvalue weighted by molar-refractivity contribution is 6.11. The van der Waals surface area contributed by atoms with Crippen LogP contribution >= 0.6 is 0 Å². The zero-order chi connectivity index (χ0) is 10.4. The quantitative estimate of drug-likeness (QED) is 0.571. The Labute approximate surface area is 83.8 Å². The monoisotopic (exact) mass is 187 g/mol. The summed E-state index contributed by atoms with van der Waals surface area (Å²) in [5.74, 6) is 0. The van der Waals surface area contributed by atoms with Gasteiger partial charge in [0, 0.05) is 6.42 Å². The highest BCUT2D eigenvalue weighted by atomic mass is 16.1. The van der Waals surface area contributed by atoms with Gasteiger partial charge in [-0.05, 0) is 18.1 Å². The van der Waals surface area contributed by atoms with Gasteiger partial charge in [-0.1, -0.05) is 36.4 Å². The topological polar surface area (TPSA) is 40.9 Å². The Morgan fingerprint density at radius 3 is 2.50 bits per heavy atom. The summed E-state index contributed by atoms with van der Waals surface area (Å²) in [7, 11) is 0. The predicted molar refractivity (Wildman–Crippen MR) is 57.7 cm³/mol. The first-order valence-corrected chi connectivity index (χ1v) is 4.52. The van der Waals surface area contributed by atoms with Crippen molar-refractivity contribution in [3.8, 4) is 0 Å². The fourth-order valence-electron chi connectivity index (χ4n) is 1.24. The molecule has 0 aliphatic heterocycles. The van der Waals surface area contributed by atoms with Crippen LogP contribution in [0, 0.1) is 5.41 Å². The second-order valence-electron chi connectivity index (χ2n) is 2.93. The molecule has 1 rings (SSSR count). The molecule has 72 valence electrons. The number of carbonyl (C=O) groups is 1. The van der Waals surface area contributed by atoms with Gasteiger partial charge in [-0.15, -0.1) is 0 Å². The molecule has 0 radical (unpaired) electrons. The summed E-state index contributed by atoms with van der Waals surface area (Å²) in [5.41, 5.74) is 2.05. The lowest BCUT2D eigenvalue weighted by Gasteiger charge is -2.05. The molecule has 0 spiro atoms. The van der Waals surface area contributed by atoms with Crippen LogP contribution in [0.25, 0.3) is 0 Å². The largest absolute Gasteiger partial charge is 0.303 e. The summed E-state index contributed by atoms with van der Waals surface area (Å²) in [6.45, 7) is 1.84. The van der Waals surface area contributed by atoms with E-state index in [1.165, 1.54) is 0 Å². The van der Waals surface area contributed by atoms with Crippen molar-refractivity contribution in [2.75, 3.05) is 0 Å². The number of aldehydes is 1. The van der Waals surface area contributed by atoms with Crippen LogP contribution in [0.2, 0.25) is 0 Å². The van der Waals surface area contributed by atoms with E-state index in [1.807, 2.05) is 43.3 Å². The van der Waals surface area contributed by atoms with Gasteiger partial charge in [-0.3, -0.25) is 5.41 Å². The van der Waals surface area contributed by atoms with Crippen molar-refractivity contribution < 1.29 is 4.79 Å². The molecule has 1 N–H and O–H groups in total. The van der Waals surface area contributed by atoms with Gasteiger partial charge in [0.15, 0.2) is 0 Å². The molecule has 0 saturated carbocycles. The molecular weight excluding hydrogens is 174 g/mol. The van der Waals surface area contributed by atoms with Gasteiger partial charge >= 0.3 is 0 Å². The zero-order valence-corrected chi connectivity index (χ0v) is 8.16. The van der Waals surface area contributed by atoms with Crippen molar-refractivity contribution in [3.63, 3.8) is 0 Å². The average Bonchev–Trinajstić information content (AvgIpc) is 2.26. The Morgan fingerprint density at radius 2 is 2.00 bits per heavy atom. The minimum absolute atomic E-state index is 0.310. The fraction of sp³-hybridized carbons (Fsp3) is 0.167. The summed E-state index contributed by atoms with van der Waals surface area (Å²) in [5, 5.41) is 7.86. The molecule has 0 atom stereocenters. The first kappa shape index (κ1) is 10.4. The molecule has 0 fully saturated rings. The summed E-state index contributed by atoms with van der Waals surface area (Å²) in [6.07, 6.45) is 2.95. The van der Waals surface area contributed by atoms with Gasteiger partial charge in [0.1, 0.15) is 6.29 Å². The van der Waals surface area contributed by atoms with Crippen molar-refractivity contribution >= 4 is 12.0 Å². The number of rotatable bonds is 4. The molecule has 0 bridgehead atoms.